The first-order valence-electron chi connectivity index (χ1n) is 14.4. The molecular weight excluding hydrogens is 654 g/mol. The monoisotopic (exact) mass is 689 g/mol. The summed E-state index contributed by atoms with van der Waals surface area (Å²) in [5.74, 6) is -0.477. The first-order valence-corrected chi connectivity index (χ1v) is 17.1. The number of carbonyl (C=O) groups excluding carboxylic acids is 2. The number of hydrogen-bond donors (Lipinski definition) is 1. The SMILES string of the molecule is CCOc1ccccc1N(CC(=O)N(Cc1ccc(Br)cc1)C(C)C(=O)NC1CCCCC1)S(=O)(=O)c1ccc(Cl)cc1. The fraction of sp³-hybridized carbons (Fsp3) is 0.375. The molecule has 0 spiro atoms. The lowest BCUT2D eigenvalue weighted by Gasteiger charge is -2.33. The fourth-order valence-corrected chi connectivity index (χ4v) is 6.94. The summed E-state index contributed by atoms with van der Waals surface area (Å²) in [6.45, 7) is 3.35. The second-order valence-corrected chi connectivity index (χ2v) is 13.7. The average Bonchev–Trinajstić information content (AvgIpc) is 3.00. The Morgan fingerprint density at radius 1 is 1.00 bits per heavy atom. The van der Waals surface area contributed by atoms with Crippen molar-refractivity contribution in [2.24, 2.45) is 0 Å². The van der Waals surface area contributed by atoms with Gasteiger partial charge in [0.15, 0.2) is 0 Å². The summed E-state index contributed by atoms with van der Waals surface area (Å²) in [6, 6.07) is 19.1. The average molecular weight is 691 g/mol. The molecule has 0 heterocycles. The molecule has 0 aromatic heterocycles. The van der Waals surface area contributed by atoms with Gasteiger partial charge in [0.05, 0.1) is 17.2 Å². The van der Waals surface area contributed by atoms with Crippen LogP contribution in [-0.4, -0.2) is 50.4 Å². The molecule has 230 valence electrons. The summed E-state index contributed by atoms with van der Waals surface area (Å²) in [4.78, 5) is 29.1. The van der Waals surface area contributed by atoms with E-state index in [4.69, 9.17) is 16.3 Å². The zero-order chi connectivity index (χ0) is 31.0. The summed E-state index contributed by atoms with van der Waals surface area (Å²) in [5, 5.41) is 3.50. The van der Waals surface area contributed by atoms with Crippen molar-refractivity contribution in [3.63, 3.8) is 0 Å². The molecule has 1 saturated carbocycles. The normalized spacial score (nSPS) is 14.5. The van der Waals surface area contributed by atoms with E-state index in [1.54, 1.807) is 38.1 Å². The highest BCUT2D eigenvalue weighted by Crippen LogP contribution is 2.33. The van der Waals surface area contributed by atoms with Crippen LogP contribution in [0.5, 0.6) is 5.75 Å². The Morgan fingerprint density at radius 2 is 1.65 bits per heavy atom. The van der Waals surface area contributed by atoms with Gasteiger partial charge in [0.25, 0.3) is 10.0 Å². The molecule has 43 heavy (non-hydrogen) atoms. The first kappa shape index (κ1) is 32.8. The molecule has 1 fully saturated rings. The highest BCUT2D eigenvalue weighted by Gasteiger charge is 2.34. The molecule has 2 amide bonds. The van der Waals surface area contributed by atoms with Crippen LogP contribution in [0.25, 0.3) is 0 Å². The Kier molecular flexibility index (Phi) is 11.5. The largest absolute Gasteiger partial charge is 0.492 e. The number of carbonyl (C=O) groups is 2. The van der Waals surface area contributed by atoms with Gasteiger partial charge >= 0.3 is 0 Å². The van der Waals surface area contributed by atoms with E-state index < -0.39 is 28.5 Å². The van der Waals surface area contributed by atoms with Crippen LogP contribution >= 0.6 is 27.5 Å². The molecule has 0 saturated heterocycles. The molecule has 8 nitrogen and oxygen atoms in total. The van der Waals surface area contributed by atoms with Gasteiger partial charge in [0.1, 0.15) is 18.3 Å². The maximum Gasteiger partial charge on any atom is 0.264 e. The van der Waals surface area contributed by atoms with Crippen molar-refractivity contribution >= 4 is 55.1 Å². The molecule has 11 heteroatoms. The van der Waals surface area contributed by atoms with Crippen molar-refractivity contribution in [1.29, 1.82) is 0 Å². The van der Waals surface area contributed by atoms with Crippen LogP contribution in [0.1, 0.15) is 51.5 Å². The summed E-state index contributed by atoms with van der Waals surface area (Å²) in [6.07, 6.45) is 5.06. The van der Waals surface area contributed by atoms with Gasteiger partial charge in [-0.2, -0.15) is 0 Å². The Labute approximate surface area is 267 Å². The number of sulfonamides is 1. The summed E-state index contributed by atoms with van der Waals surface area (Å²) < 4.78 is 35.9. The third-order valence-corrected chi connectivity index (χ3v) is 10.1. The van der Waals surface area contributed by atoms with Gasteiger partial charge in [0.2, 0.25) is 11.8 Å². The van der Waals surface area contributed by atoms with Gasteiger partial charge in [-0.05, 0) is 80.8 Å². The van der Waals surface area contributed by atoms with Gasteiger partial charge in [-0.15, -0.1) is 0 Å². The van der Waals surface area contributed by atoms with Crippen molar-refractivity contribution in [2.45, 2.75) is 69.5 Å². The number of para-hydroxylation sites is 2. The maximum absolute atomic E-state index is 14.2. The van der Waals surface area contributed by atoms with E-state index in [1.807, 2.05) is 24.3 Å². The van der Waals surface area contributed by atoms with Crippen molar-refractivity contribution in [3.8, 4) is 5.75 Å². The Bertz CT molecular complexity index is 1500. The van der Waals surface area contributed by atoms with Gasteiger partial charge in [-0.1, -0.05) is 71.1 Å². The van der Waals surface area contributed by atoms with E-state index in [0.717, 1.165) is 46.4 Å². The fourth-order valence-electron chi connectivity index (χ4n) is 5.13. The molecule has 1 atom stereocenters. The minimum atomic E-state index is -4.25. The van der Waals surface area contributed by atoms with E-state index in [1.165, 1.54) is 29.2 Å². The number of amides is 2. The number of rotatable bonds is 12. The van der Waals surface area contributed by atoms with Crippen LogP contribution in [0, 0.1) is 0 Å². The number of benzene rings is 3. The molecule has 4 rings (SSSR count). The van der Waals surface area contributed by atoms with E-state index in [0.29, 0.717) is 17.4 Å². The van der Waals surface area contributed by atoms with Crippen molar-refractivity contribution < 1.29 is 22.7 Å². The Balaban J connectivity index is 1.71. The van der Waals surface area contributed by atoms with Crippen LogP contribution in [0.3, 0.4) is 0 Å². The van der Waals surface area contributed by atoms with Crippen molar-refractivity contribution in [3.05, 3.63) is 87.9 Å². The zero-order valence-corrected chi connectivity index (χ0v) is 27.5. The van der Waals surface area contributed by atoms with Crippen LogP contribution < -0.4 is 14.4 Å². The molecule has 1 N–H and O–H groups in total. The molecule has 1 unspecified atom stereocenters. The van der Waals surface area contributed by atoms with E-state index in [-0.39, 0.29) is 29.1 Å². The number of nitrogens with zero attached hydrogens (tertiary/aromatic N) is 2. The molecule has 3 aromatic carbocycles. The zero-order valence-electron chi connectivity index (χ0n) is 24.3. The smallest absolute Gasteiger partial charge is 0.264 e. The third-order valence-electron chi connectivity index (χ3n) is 7.50. The minimum absolute atomic E-state index is 0.0291. The van der Waals surface area contributed by atoms with E-state index in [9.17, 15) is 18.0 Å². The molecule has 1 aliphatic rings. The van der Waals surface area contributed by atoms with Gasteiger partial charge < -0.3 is 15.0 Å². The van der Waals surface area contributed by atoms with Gasteiger partial charge in [-0.3, -0.25) is 13.9 Å². The minimum Gasteiger partial charge on any atom is -0.492 e. The Morgan fingerprint density at radius 3 is 2.30 bits per heavy atom. The maximum atomic E-state index is 14.2. The second kappa shape index (κ2) is 15.1. The van der Waals surface area contributed by atoms with Crippen molar-refractivity contribution in [2.75, 3.05) is 17.5 Å². The molecule has 0 radical (unpaired) electrons. The summed E-state index contributed by atoms with van der Waals surface area (Å²) in [5.41, 5.74) is 1.02. The van der Waals surface area contributed by atoms with Crippen LogP contribution in [0.2, 0.25) is 5.02 Å². The van der Waals surface area contributed by atoms with Crippen LogP contribution in [0.4, 0.5) is 5.69 Å². The summed E-state index contributed by atoms with van der Waals surface area (Å²) >= 11 is 9.48. The van der Waals surface area contributed by atoms with Crippen LogP contribution in [0.15, 0.2) is 82.2 Å². The molecular formula is C32H37BrClN3O5S. The lowest BCUT2D eigenvalue weighted by molar-refractivity contribution is -0.139. The van der Waals surface area contributed by atoms with E-state index >= 15 is 0 Å². The lowest BCUT2D eigenvalue weighted by atomic mass is 9.95. The predicted octanol–water partition coefficient (Wildman–Crippen LogP) is 6.56. The van der Waals surface area contributed by atoms with Crippen LogP contribution in [-0.2, 0) is 26.2 Å². The number of halogens is 2. The van der Waals surface area contributed by atoms with Crippen molar-refractivity contribution in [1.82, 2.24) is 10.2 Å². The van der Waals surface area contributed by atoms with Gasteiger partial charge in [-0.25, -0.2) is 8.42 Å². The topological polar surface area (TPSA) is 96.0 Å². The molecule has 0 aliphatic heterocycles. The lowest BCUT2D eigenvalue weighted by Crippen LogP contribution is -2.53. The predicted molar refractivity (Wildman–Crippen MR) is 173 cm³/mol. The Hall–Kier alpha value is -3.08. The molecule has 3 aromatic rings. The number of ether oxygens (including phenoxy) is 1. The second-order valence-electron chi connectivity index (χ2n) is 10.5. The quantitative estimate of drug-likeness (QED) is 0.232. The standard InChI is InChI=1S/C32H37BrClN3O5S/c1-3-42-30-12-8-7-11-29(30)37(43(40,41)28-19-17-26(34)18-20-28)22-31(38)36(21-24-13-15-25(33)16-14-24)23(2)32(39)35-27-9-5-4-6-10-27/h7-8,11-20,23,27H,3-6,9-10,21-22H2,1-2H3,(H,35,39). The third kappa shape index (κ3) is 8.52. The summed E-state index contributed by atoms with van der Waals surface area (Å²) in [7, 11) is -4.25. The highest BCUT2D eigenvalue weighted by molar-refractivity contribution is 9.10. The van der Waals surface area contributed by atoms with E-state index in [2.05, 4.69) is 21.2 Å². The van der Waals surface area contributed by atoms with Gasteiger partial charge in [0, 0.05) is 22.1 Å². The molecule has 1 aliphatic carbocycles. The number of hydrogen-bond acceptors (Lipinski definition) is 5. The first-order chi connectivity index (χ1) is 20.6. The number of anilines is 1. The molecule has 0 bridgehead atoms. The highest BCUT2D eigenvalue weighted by atomic mass is 79.9. The number of nitrogens with one attached hydrogen (secondary N) is 1.